The van der Waals surface area contributed by atoms with Crippen molar-refractivity contribution in [2.75, 3.05) is 0 Å². The minimum absolute atomic E-state index is 0.269. The molecule has 0 saturated carbocycles. The van der Waals surface area contributed by atoms with E-state index in [1.54, 1.807) is 17.7 Å². The van der Waals surface area contributed by atoms with Crippen LogP contribution < -0.4 is 5.32 Å². The Hall–Kier alpha value is -2.93. The van der Waals surface area contributed by atoms with E-state index in [0.29, 0.717) is 5.69 Å². The molecule has 1 unspecified atom stereocenters. The first-order valence-electron chi connectivity index (χ1n) is 8.97. The van der Waals surface area contributed by atoms with Crippen molar-refractivity contribution >= 4 is 23.2 Å². The molecule has 3 rings (SSSR count). The number of rotatable bonds is 5. The van der Waals surface area contributed by atoms with Crippen LogP contribution in [-0.4, -0.2) is 33.3 Å². The summed E-state index contributed by atoms with van der Waals surface area (Å²) < 4.78 is 6.98. The first-order chi connectivity index (χ1) is 13.2. The normalized spacial score (nSPS) is 12.4. The molecule has 1 aromatic carbocycles. The lowest BCUT2D eigenvalue weighted by Gasteiger charge is -2.23. The number of nitrogens with zero attached hydrogens (tertiary/aromatic N) is 2. The summed E-state index contributed by atoms with van der Waals surface area (Å²) in [7, 11) is 0. The smallest absolute Gasteiger partial charge is 0.357 e. The van der Waals surface area contributed by atoms with Crippen LogP contribution in [0.3, 0.4) is 0 Å². The number of carbonyl (C=O) groups excluding carboxylic acids is 2. The molecule has 3 aromatic rings. The van der Waals surface area contributed by atoms with Crippen LogP contribution in [0.4, 0.5) is 0 Å². The highest BCUT2D eigenvalue weighted by Crippen LogP contribution is 2.26. The second kappa shape index (κ2) is 7.98. The second-order valence-corrected chi connectivity index (χ2v) is 8.37. The largest absolute Gasteiger partial charge is 0.448 e. The van der Waals surface area contributed by atoms with Gasteiger partial charge >= 0.3 is 5.97 Å². The van der Waals surface area contributed by atoms with Crippen molar-refractivity contribution in [1.82, 2.24) is 15.1 Å². The summed E-state index contributed by atoms with van der Waals surface area (Å²) in [5.74, 6) is -0.944. The number of amides is 1. The van der Waals surface area contributed by atoms with Crippen LogP contribution >= 0.6 is 11.3 Å². The van der Waals surface area contributed by atoms with Crippen LogP contribution in [0.5, 0.6) is 0 Å². The van der Waals surface area contributed by atoms with Crippen molar-refractivity contribution in [1.29, 1.82) is 0 Å². The predicted molar refractivity (Wildman–Crippen MR) is 110 cm³/mol. The molecule has 146 valence electrons. The summed E-state index contributed by atoms with van der Waals surface area (Å²) in [6.07, 6.45) is -0.920. The summed E-state index contributed by atoms with van der Waals surface area (Å²) >= 11 is 1.54. The molecule has 0 aliphatic rings. The van der Waals surface area contributed by atoms with Gasteiger partial charge in [-0.25, -0.2) is 9.48 Å². The third-order valence-electron chi connectivity index (χ3n) is 3.84. The number of esters is 1. The van der Waals surface area contributed by atoms with Gasteiger partial charge in [-0.15, -0.1) is 11.3 Å². The van der Waals surface area contributed by atoms with Crippen LogP contribution in [0.1, 0.15) is 38.2 Å². The maximum atomic E-state index is 12.8. The van der Waals surface area contributed by atoms with Crippen LogP contribution in [0.25, 0.3) is 16.3 Å². The Bertz CT molecular complexity index is 957. The molecular weight excluding hydrogens is 374 g/mol. The molecule has 0 aliphatic heterocycles. The van der Waals surface area contributed by atoms with Gasteiger partial charge in [0.25, 0.3) is 5.91 Å². The van der Waals surface area contributed by atoms with Crippen molar-refractivity contribution in [3.05, 3.63) is 59.6 Å². The number of aromatic nitrogens is 2. The highest BCUT2D eigenvalue weighted by Gasteiger charge is 2.26. The third kappa shape index (κ3) is 4.67. The van der Waals surface area contributed by atoms with Crippen molar-refractivity contribution < 1.29 is 14.3 Å². The fraction of sp³-hybridized carbons (Fsp3) is 0.286. The van der Waals surface area contributed by atoms with Gasteiger partial charge in [0.05, 0.1) is 10.6 Å². The van der Waals surface area contributed by atoms with Gasteiger partial charge in [0.15, 0.2) is 11.8 Å². The summed E-state index contributed by atoms with van der Waals surface area (Å²) in [5.41, 5.74) is 1.28. The standard InChI is InChI=1S/C21H23N3O3S/c1-14(19(25)22-21(2,3)4)27-20(26)17-13-16(18-11-8-12-28-18)23-24(17)15-9-6-5-7-10-15/h5-14H,1-4H3,(H,22,25). The molecule has 6 nitrogen and oxygen atoms in total. The van der Waals surface area contributed by atoms with Gasteiger partial charge < -0.3 is 10.1 Å². The number of carbonyl (C=O) groups is 2. The molecule has 0 bridgehead atoms. The average Bonchev–Trinajstić information content (AvgIpc) is 3.30. The lowest BCUT2D eigenvalue weighted by molar-refractivity contribution is -0.130. The minimum Gasteiger partial charge on any atom is -0.448 e. The van der Waals surface area contributed by atoms with E-state index in [1.165, 1.54) is 11.3 Å². The zero-order valence-corrected chi connectivity index (χ0v) is 17.1. The van der Waals surface area contributed by atoms with Crippen molar-refractivity contribution in [3.8, 4) is 16.3 Å². The van der Waals surface area contributed by atoms with E-state index in [1.807, 2.05) is 68.6 Å². The van der Waals surface area contributed by atoms with Crippen LogP contribution in [0.2, 0.25) is 0 Å². The van der Waals surface area contributed by atoms with Gasteiger partial charge in [-0.3, -0.25) is 4.79 Å². The number of hydrogen-bond donors (Lipinski definition) is 1. The van der Waals surface area contributed by atoms with E-state index in [2.05, 4.69) is 10.4 Å². The number of nitrogens with one attached hydrogen (secondary N) is 1. The quantitative estimate of drug-likeness (QED) is 0.659. The van der Waals surface area contributed by atoms with E-state index in [9.17, 15) is 9.59 Å². The molecule has 0 aliphatic carbocycles. The monoisotopic (exact) mass is 397 g/mol. The molecule has 1 amide bonds. The van der Waals surface area contributed by atoms with Crippen LogP contribution in [-0.2, 0) is 9.53 Å². The first-order valence-corrected chi connectivity index (χ1v) is 9.85. The first kappa shape index (κ1) is 19.8. The SMILES string of the molecule is CC(OC(=O)c1cc(-c2cccs2)nn1-c1ccccc1)C(=O)NC(C)(C)C. The molecule has 0 fully saturated rings. The Kier molecular flexibility index (Phi) is 5.65. The fourth-order valence-corrected chi connectivity index (χ4v) is 3.26. The summed E-state index contributed by atoms with van der Waals surface area (Å²) in [5, 5.41) is 9.35. The van der Waals surface area contributed by atoms with E-state index in [0.717, 1.165) is 10.6 Å². The van der Waals surface area contributed by atoms with Gasteiger partial charge in [-0.1, -0.05) is 24.3 Å². The molecular formula is C21H23N3O3S. The zero-order valence-electron chi connectivity index (χ0n) is 16.3. The van der Waals surface area contributed by atoms with Crippen molar-refractivity contribution in [2.24, 2.45) is 0 Å². The number of thiophene rings is 1. The topological polar surface area (TPSA) is 73.2 Å². The summed E-state index contributed by atoms with van der Waals surface area (Å²) in [4.78, 5) is 26.1. The molecule has 2 aromatic heterocycles. The van der Waals surface area contributed by atoms with E-state index in [-0.39, 0.29) is 11.6 Å². The average molecular weight is 398 g/mol. The Morgan fingerprint density at radius 3 is 2.46 bits per heavy atom. The minimum atomic E-state index is -0.920. The van der Waals surface area contributed by atoms with E-state index >= 15 is 0 Å². The highest BCUT2D eigenvalue weighted by atomic mass is 32.1. The fourth-order valence-electron chi connectivity index (χ4n) is 2.58. The molecule has 2 heterocycles. The molecule has 7 heteroatoms. The van der Waals surface area contributed by atoms with Gasteiger partial charge in [-0.2, -0.15) is 5.10 Å². The van der Waals surface area contributed by atoms with Gasteiger partial charge in [0.2, 0.25) is 0 Å². The van der Waals surface area contributed by atoms with E-state index < -0.39 is 17.6 Å². The Balaban J connectivity index is 1.89. The lowest BCUT2D eigenvalue weighted by Crippen LogP contribution is -2.46. The molecule has 0 radical (unpaired) electrons. The van der Waals surface area contributed by atoms with Gasteiger partial charge in [0, 0.05) is 11.6 Å². The number of hydrogen-bond acceptors (Lipinski definition) is 5. The summed E-state index contributed by atoms with van der Waals surface area (Å²) in [6, 6.07) is 14.9. The maximum Gasteiger partial charge on any atom is 0.357 e. The second-order valence-electron chi connectivity index (χ2n) is 7.43. The van der Waals surface area contributed by atoms with Crippen LogP contribution in [0.15, 0.2) is 53.9 Å². The van der Waals surface area contributed by atoms with E-state index in [4.69, 9.17) is 4.74 Å². The van der Waals surface area contributed by atoms with Crippen LogP contribution in [0, 0.1) is 0 Å². The van der Waals surface area contributed by atoms with Crippen molar-refractivity contribution in [2.45, 2.75) is 39.3 Å². The van der Waals surface area contributed by atoms with Gasteiger partial charge in [-0.05, 0) is 51.3 Å². The zero-order chi connectivity index (χ0) is 20.3. The molecule has 28 heavy (non-hydrogen) atoms. The Labute approximate surface area is 168 Å². The predicted octanol–water partition coefficient (Wildman–Crippen LogP) is 4.06. The van der Waals surface area contributed by atoms with Gasteiger partial charge in [0.1, 0.15) is 5.69 Å². The Morgan fingerprint density at radius 1 is 1.14 bits per heavy atom. The molecule has 1 atom stereocenters. The molecule has 1 N–H and O–H groups in total. The molecule has 0 spiro atoms. The number of benzene rings is 1. The third-order valence-corrected chi connectivity index (χ3v) is 4.74. The van der Waals surface area contributed by atoms with Crippen molar-refractivity contribution in [3.63, 3.8) is 0 Å². The summed E-state index contributed by atoms with van der Waals surface area (Å²) in [6.45, 7) is 7.17. The number of ether oxygens (including phenoxy) is 1. The Morgan fingerprint density at radius 2 is 1.86 bits per heavy atom. The molecule has 0 saturated heterocycles. The highest BCUT2D eigenvalue weighted by molar-refractivity contribution is 7.13. The number of para-hydroxylation sites is 1. The lowest BCUT2D eigenvalue weighted by atomic mass is 10.1. The maximum absolute atomic E-state index is 12.8.